The molecule has 98 valence electrons. The molecule has 0 unspecified atom stereocenters. The van der Waals surface area contributed by atoms with Gasteiger partial charge in [-0.25, -0.2) is 0 Å². The van der Waals surface area contributed by atoms with Crippen LogP contribution in [0.3, 0.4) is 0 Å². The minimum atomic E-state index is -4.33. The standard InChI is InChI=1S/C12H12F3NO2/c13-12(14,15)8-1-3-10(4-2-8)18-11-5-9(6-11)16-7-17/h1-4,7,9,11H,5-6H2,(H,16,17). The van der Waals surface area contributed by atoms with Gasteiger partial charge in [0.05, 0.1) is 5.56 Å². The summed E-state index contributed by atoms with van der Waals surface area (Å²) in [6, 6.07) is 4.72. The van der Waals surface area contributed by atoms with Crippen LogP contribution in [0.15, 0.2) is 24.3 Å². The number of halogens is 3. The fourth-order valence-corrected chi connectivity index (χ4v) is 1.81. The minimum Gasteiger partial charge on any atom is -0.490 e. The van der Waals surface area contributed by atoms with E-state index in [2.05, 4.69) is 5.32 Å². The number of nitrogens with one attached hydrogen (secondary N) is 1. The monoisotopic (exact) mass is 259 g/mol. The molecule has 0 radical (unpaired) electrons. The van der Waals surface area contributed by atoms with E-state index in [4.69, 9.17) is 4.74 Å². The number of rotatable bonds is 4. The van der Waals surface area contributed by atoms with E-state index < -0.39 is 11.7 Å². The molecule has 0 atom stereocenters. The third-order valence-corrected chi connectivity index (χ3v) is 2.88. The van der Waals surface area contributed by atoms with E-state index >= 15 is 0 Å². The summed E-state index contributed by atoms with van der Waals surface area (Å²) in [6.45, 7) is 0. The van der Waals surface area contributed by atoms with Gasteiger partial charge >= 0.3 is 6.18 Å². The molecule has 1 fully saturated rings. The highest BCUT2D eigenvalue weighted by atomic mass is 19.4. The van der Waals surface area contributed by atoms with E-state index in [0.717, 1.165) is 12.1 Å². The predicted octanol–water partition coefficient (Wildman–Crippen LogP) is 2.36. The summed E-state index contributed by atoms with van der Waals surface area (Å²) in [7, 11) is 0. The molecule has 6 heteroatoms. The molecule has 2 rings (SSSR count). The molecule has 18 heavy (non-hydrogen) atoms. The maximum absolute atomic E-state index is 12.3. The minimum absolute atomic E-state index is 0.0424. The highest BCUT2D eigenvalue weighted by Crippen LogP contribution is 2.31. The van der Waals surface area contributed by atoms with Gasteiger partial charge in [-0.1, -0.05) is 0 Å². The van der Waals surface area contributed by atoms with Crippen LogP contribution in [-0.2, 0) is 11.0 Å². The second-order valence-electron chi connectivity index (χ2n) is 4.21. The smallest absolute Gasteiger partial charge is 0.416 e. The van der Waals surface area contributed by atoms with Crippen molar-refractivity contribution in [1.29, 1.82) is 0 Å². The van der Waals surface area contributed by atoms with E-state index in [0.29, 0.717) is 25.0 Å². The molecule has 0 aliphatic heterocycles. The highest BCUT2D eigenvalue weighted by molar-refractivity contribution is 5.47. The largest absolute Gasteiger partial charge is 0.490 e. The summed E-state index contributed by atoms with van der Waals surface area (Å²) >= 11 is 0. The number of benzene rings is 1. The summed E-state index contributed by atoms with van der Waals surface area (Å²) < 4.78 is 42.4. The van der Waals surface area contributed by atoms with Crippen molar-refractivity contribution in [2.45, 2.75) is 31.2 Å². The Labute approximate surface area is 102 Å². The number of amides is 1. The van der Waals surface area contributed by atoms with E-state index in [1.54, 1.807) is 0 Å². The molecular formula is C12H12F3NO2. The van der Waals surface area contributed by atoms with Gasteiger partial charge in [-0.15, -0.1) is 0 Å². The van der Waals surface area contributed by atoms with Crippen LogP contribution in [0.2, 0.25) is 0 Å². The third-order valence-electron chi connectivity index (χ3n) is 2.88. The van der Waals surface area contributed by atoms with Gasteiger partial charge in [0, 0.05) is 18.9 Å². The zero-order chi connectivity index (χ0) is 13.2. The molecule has 1 aliphatic rings. The molecule has 0 saturated heterocycles. The fourth-order valence-electron chi connectivity index (χ4n) is 1.81. The zero-order valence-corrected chi connectivity index (χ0v) is 9.41. The average molecular weight is 259 g/mol. The number of hydrogen-bond acceptors (Lipinski definition) is 2. The van der Waals surface area contributed by atoms with Gasteiger partial charge in [-0.3, -0.25) is 4.79 Å². The van der Waals surface area contributed by atoms with Crippen LogP contribution < -0.4 is 10.1 Å². The third kappa shape index (κ3) is 2.94. The van der Waals surface area contributed by atoms with Crippen molar-refractivity contribution in [2.24, 2.45) is 0 Å². The maximum Gasteiger partial charge on any atom is 0.416 e. The molecule has 1 amide bonds. The number of ether oxygens (including phenoxy) is 1. The van der Waals surface area contributed by atoms with E-state index in [1.165, 1.54) is 12.1 Å². The van der Waals surface area contributed by atoms with Crippen LogP contribution in [0, 0.1) is 0 Å². The Morgan fingerprint density at radius 2 is 1.83 bits per heavy atom. The first kappa shape index (κ1) is 12.7. The molecule has 0 heterocycles. The molecule has 0 spiro atoms. The van der Waals surface area contributed by atoms with Crippen LogP contribution in [0.1, 0.15) is 18.4 Å². The van der Waals surface area contributed by atoms with Gasteiger partial charge < -0.3 is 10.1 Å². The number of hydrogen-bond donors (Lipinski definition) is 1. The van der Waals surface area contributed by atoms with Crippen molar-refractivity contribution < 1.29 is 22.7 Å². The van der Waals surface area contributed by atoms with Crippen LogP contribution >= 0.6 is 0 Å². The Morgan fingerprint density at radius 1 is 1.22 bits per heavy atom. The highest BCUT2D eigenvalue weighted by Gasteiger charge is 2.32. The second-order valence-corrected chi connectivity index (χ2v) is 4.21. The number of carbonyl (C=O) groups excluding carboxylic acids is 1. The second kappa shape index (κ2) is 4.88. The first-order valence-corrected chi connectivity index (χ1v) is 5.52. The number of carbonyl (C=O) groups is 1. The average Bonchev–Trinajstić information content (AvgIpc) is 2.26. The lowest BCUT2D eigenvalue weighted by Gasteiger charge is -2.34. The van der Waals surface area contributed by atoms with Crippen molar-refractivity contribution >= 4 is 6.41 Å². The molecule has 1 aromatic carbocycles. The van der Waals surface area contributed by atoms with Gasteiger partial charge in [-0.2, -0.15) is 13.2 Å². The van der Waals surface area contributed by atoms with E-state index in [9.17, 15) is 18.0 Å². The van der Waals surface area contributed by atoms with Crippen LogP contribution in [0.4, 0.5) is 13.2 Å². The Morgan fingerprint density at radius 3 is 2.33 bits per heavy atom. The normalized spacial score (nSPS) is 23.1. The van der Waals surface area contributed by atoms with Gasteiger partial charge in [-0.05, 0) is 24.3 Å². The van der Waals surface area contributed by atoms with Crippen molar-refractivity contribution in [2.75, 3.05) is 0 Å². The molecule has 1 saturated carbocycles. The Bertz CT molecular complexity index is 410. The van der Waals surface area contributed by atoms with E-state index in [-0.39, 0.29) is 12.1 Å². The molecule has 0 aromatic heterocycles. The lowest BCUT2D eigenvalue weighted by atomic mass is 9.89. The van der Waals surface area contributed by atoms with Crippen LogP contribution in [0.25, 0.3) is 0 Å². The van der Waals surface area contributed by atoms with Crippen molar-refractivity contribution in [3.63, 3.8) is 0 Å². The first-order valence-electron chi connectivity index (χ1n) is 5.52. The van der Waals surface area contributed by atoms with Gasteiger partial charge in [0.2, 0.25) is 6.41 Å². The lowest BCUT2D eigenvalue weighted by Crippen LogP contribution is -2.46. The molecule has 0 bridgehead atoms. The van der Waals surface area contributed by atoms with Crippen molar-refractivity contribution in [1.82, 2.24) is 5.32 Å². The van der Waals surface area contributed by atoms with E-state index in [1.807, 2.05) is 0 Å². The van der Waals surface area contributed by atoms with Crippen molar-refractivity contribution in [3.05, 3.63) is 29.8 Å². The van der Waals surface area contributed by atoms with Crippen molar-refractivity contribution in [3.8, 4) is 5.75 Å². The predicted molar refractivity (Wildman–Crippen MR) is 58.1 cm³/mol. The Balaban J connectivity index is 1.86. The SMILES string of the molecule is O=CNC1CC(Oc2ccc(C(F)(F)F)cc2)C1. The van der Waals surface area contributed by atoms with Gasteiger partial charge in [0.1, 0.15) is 11.9 Å². The van der Waals surface area contributed by atoms with Gasteiger partial charge in [0.25, 0.3) is 0 Å². The Kier molecular flexibility index (Phi) is 3.45. The molecular weight excluding hydrogens is 247 g/mol. The van der Waals surface area contributed by atoms with Gasteiger partial charge in [0.15, 0.2) is 0 Å². The summed E-state index contributed by atoms with van der Waals surface area (Å²) in [6.07, 6.45) is -2.37. The lowest BCUT2D eigenvalue weighted by molar-refractivity contribution is -0.137. The molecule has 3 nitrogen and oxygen atoms in total. The number of alkyl halides is 3. The Hall–Kier alpha value is -1.72. The molecule has 1 aromatic rings. The quantitative estimate of drug-likeness (QED) is 0.843. The summed E-state index contributed by atoms with van der Waals surface area (Å²) in [5.74, 6) is 0.414. The molecule has 1 aliphatic carbocycles. The topological polar surface area (TPSA) is 38.3 Å². The molecule has 1 N–H and O–H groups in total. The fraction of sp³-hybridized carbons (Fsp3) is 0.417. The summed E-state index contributed by atoms with van der Waals surface area (Å²) in [5, 5.41) is 2.62. The zero-order valence-electron chi connectivity index (χ0n) is 9.41. The maximum atomic E-state index is 12.3. The van der Waals surface area contributed by atoms with Crippen LogP contribution in [0.5, 0.6) is 5.75 Å². The summed E-state index contributed by atoms with van der Waals surface area (Å²) in [4.78, 5) is 10.1. The van der Waals surface area contributed by atoms with Crippen LogP contribution in [-0.4, -0.2) is 18.6 Å². The summed E-state index contributed by atoms with van der Waals surface area (Å²) in [5.41, 5.74) is -0.691. The first-order chi connectivity index (χ1) is 8.49.